The van der Waals surface area contributed by atoms with Gasteiger partial charge in [-0.3, -0.25) is 9.78 Å². The van der Waals surface area contributed by atoms with Gasteiger partial charge in [-0.15, -0.1) is 0 Å². The van der Waals surface area contributed by atoms with Crippen molar-refractivity contribution in [2.75, 3.05) is 13.1 Å². The zero-order valence-corrected chi connectivity index (χ0v) is 15.0. The Morgan fingerprint density at radius 2 is 1.81 bits per heavy atom. The summed E-state index contributed by atoms with van der Waals surface area (Å²) < 4.78 is 15.0. The number of hydrogen-bond acceptors (Lipinski definition) is 3. The van der Waals surface area contributed by atoms with E-state index in [-0.39, 0.29) is 44.5 Å². The molecule has 2 aliphatic rings. The van der Waals surface area contributed by atoms with Gasteiger partial charge >= 0.3 is 6.03 Å². The van der Waals surface area contributed by atoms with Crippen molar-refractivity contribution in [2.45, 2.75) is 63.2 Å². The average Bonchev–Trinajstić information content (AvgIpc) is 2.68. The topological polar surface area (TPSA) is 74.3 Å². The molecule has 1 saturated heterocycles. The van der Waals surface area contributed by atoms with Crippen molar-refractivity contribution in [3.63, 3.8) is 0 Å². The smallest absolute Gasteiger partial charge is 0.317 e. The first-order valence-corrected chi connectivity index (χ1v) is 9.48. The molecule has 1 aromatic rings. The Balaban J connectivity index is 1.45. The van der Waals surface area contributed by atoms with Crippen molar-refractivity contribution in [3.8, 4) is 0 Å². The summed E-state index contributed by atoms with van der Waals surface area (Å²) in [7, 11) is 0. The van der Waals surface area contributed by atoms with Crippen LogP contribution in [-0.2, 0) is 11.3 Å². The van der Waals surface area contributed by atoms with Crippen molar-refractivity contribution >= 4 is 11.9 Å². The van der Waals surface area contributed by atoms with Crippen LogP contribution in [0.15, 0.2) is 24.5 Å². The first-order valence-electron chi connectivity index (χ1n) is 9.48. The number of alkyl halides is 1. The fourth-order valence-corrected chi connectivity index (χ4v) is 3.65. The number of piperidine rings is 1. The summed E-state index contributed by atoms with van der Waals surface area (Å²) in [6.45, 7) is 0.800. The standard InChI is InChI=1S/C19H27FN4O2/c20-19(17(25)22-14-15-6-10-21-11-7-15)8-12-24(13-9-19)18(26)23-16-4-2-1-3-5-16/h6-7,10-11,16H,1-5,8-9,12-14H2,(H,22,25)(H,23,26). The number of aromatic nitrogens is 1. The number of amides is 3. The highest BCUT2D eigenvalue weighted by molar-refractivity contribution is 5.85. The molecular formula is C19H27FN4O2. The van der Waals surface area contributed by atoms with E-state index >= 15 is 0 Å². The van der Waals surface area contributed by atoms with Crippen LogP contribution in [0.25, 0.3) is 0 Å². The number of likely N-dealkylation sites (tertiary alicyclic amines) is 1. The molecule has 2 N–H and O–H groups in total. The molecule has 1 aliphatic heterocycles. The number of urea groups is 1. The lowest BCUT2D eigenvalue weighted by Crippen LogP contribution is -2.55. The monoisotopic (exact) mass is 362 g/mol. The van der Waals surface area contributed by atoms with Crippen LogP contribution in [0.2, 0.25) is 0 Å². The number of carbonyl (C=O) groups excluding carboxylic acids is 2. The van der Waals surface area contributed by atoms with Gasteiger partial charge in [0.2, 0.25) is 0 Å². The van der Waals surface area contributed by atoms with Gasteiger partial charge in [-0.1, -0.05) is 19.3 Å². The fraction of sp³-hybridized carbons (Fsp3) is 0.632. The lowest BCUT2D eigenvalue weighted by Gasteiger charge is -2.36. The zero-order chi connectivity index (χ0) is 18.4. The van der Waals surface area contributed by atoms with Gasteiger partial charge < -0.3 is 15.5 Å². The molecule has 7 heteroatoms. The minimum atomic E-state index is -1.91. The van der Waals surface area contributed by atoms with Gasteiger partial charge in [-0.2, -0.15) is 0 Å². The van der Waals surface area contributed by atoms with Gasteiger partial charge in [0.15, 0.2) is 5.67 Å². The van der Waals surface area contributed by atoms with E-state index in [2.05, 4.69) is 15.6 Å². The largest absolute Gasteiger partial charge is 0.349 e. The summed E-state index contributed by atoms with van der Waals surface area (Å²) in [6.07, 6.45) is 8.91. The van der Waals surface area contributed by atoms with E-state index in [0.29, 0.717) is 0 Å². The number of nitrogens with one attached hydrogen (secondary N) is 2. The minimum Gasteiger partial charge on any atom is -0.349 e. The predicted octanol–water partition coefficient (Wildman–Crippen LogP) is 2.54. The summed E-state index contributed by atoms with van der Waals surface area (Å²) in [6, 6.07) is 3.67. The number of carbonyl (C=O) groups is 2. The molecule has 0 radical (unpaired) electrons. The molecule has 142 valence electrons. The van der Waals surface area contributed by atoms with Gasteiger partial charge in [0.05, 0.1) is 0 Å². The maximum absolute atomic E-state index is 15.0. The normalized spacial score (nSPS) is 20.4. The van der Waals surface area contributed by atoms with E-state index in [4.69, 9.17) is 0 Å². The Bertz CT molecular complexity index is 611. The third kappa shape index (κ3) is 4.71. The number of nitrogens with zero attached hydrogens (tertiary/aromatic N) is 2. The molecule has 1 aromatic heterocycles. The van der Waals surface area contributed by atoms with Crippen molar-refractivity contribution in [1.82, 2.24) is 20.5 Å². The highest BCUT2D eigenvalue weighted by Gasteiger charge is 2.42. The fourth-order valence-electron chi connectivity index (χ4n) is 3.65. The van der Waals surface area contributed by atoms with E-state index < -0.39 is 11.6 Å². The van der Waals surface area contributed by atoms with Crippen LogP contribution < -0.4 is 10.6 Å². The van der Waals surface area contributed by atoms with Crippen molar-refractivity contribution < 1.29 is 14.0 Å². The second-order valence-corrected chi connectivity index (χ2v) is 7.27. The molecule has 1 saturated carbocycles. The molecule has 0 spiro atoms. The first kappa shape index (κ1) is 18.6. The lowest BCUT2D eigenvalue weighted by atomic mass is 9.92. The van der Waals surface area contributed by atoms with Crippen molar-refractivity contribution in [3.05, 3.63) is 30.1 Å². The average molecular weight is 362 g/mol. The third-order valence-corrected chi connectivity index (χ3v) is 5.39. The molecule has 2 fully saturated rings. The molecule has 3 rings (SSSR count). The quantitative estimate of drug-likeness (QED) is 0.864. The first-order chi connectivity index (χ1) is 12.6. The number of hydrogen-bond donors (Lipinski definition) is 2. The third-order valence-electron chi connectivity index (χ3n) is 5.39. The maximum atomic E-state index is 15.0. The van der Waals surface area contributed by atoms with E-state index in [1.54, 1.807) is 29.4 Å². The van der Waals surface area contributed by atoms with Crippen LogP contribution in [0.5, 0.6) is 0 Å². The molecule has 6 nitrogen and oxygen atoms in total. The van der Waals surface area contributed by atoms with Crippen LogP contribution in [-0.4, -0.2) is 46.6 Å². The molecule has 26 heavy (non-hydrogen) atoms. The SMILES string of the molecule is O=C(NC1CCCCC1)N1CCC(F)(C(=O)NCc2ccncc2)CC1. The Morgan fingerprint density at radius 3 is 2.46 bits per heavy atom. The number of rotatable bonds is 4. The summed E-state index contributed by atoms with van der Waals surface area (Å²) in [5, 5.41) is 5.71. The number of pyridine rings is 1. The van der Waals surface area contributed by atoms with Crippen LogP contribution in [0.3, 0.4) is 0 Å². The van der Waals surface area contributed by atoms with Crippen molar-refractivity contribution in [1.29, 1.82) is 0 Å². The molecule has 0 aromatic carbocycles. The summed E-state index contributed by atoms with van der Waals surface area (Å²) in [4.78, 5) is 30.1. The highest BCUT2D eigenvalue weighted by atomic mass is 19.1. The van der Waals surface area contributed by atoms with Crippen LogP contribution in [0, 0.1) is 0 Å². The van der Waals surface area contributed by atoms with Gasteiger partial charge in [0.25, 0.3) is 5.91 Å². The second-order valence-electron chi connectivity index (χ2n) is 7.27. The van der Waals surface area contributed by atoms with E-state index in [9.17, 15) is 14.0 Å². The Hall–Kier alpha value is -2.18. The van der Waals surface area contributed by atoms with E-state index in [1.165, 1.54) is 6.42 Å². The van der Waals surface area contributed by atoms with Crippen LogP contribution >= 0.6 is 0 Å². The van der Waals surface area contributed by atoms with Crippen LogP contribution in [0.4, 0.5) is 9.18 Å². The molecule has 0 unspecified atom stereocenters. The number of halogens is 1. The highest BCUT2D eigenvalue weighted by Crippen LogP contribution is 2.27. The second kappa shape index (κ2) is 8.47. The molecule has 3 amide bonds. The van der Waals surface area contributed by atoms with Gasteiger partial charge in [0, 0.05) is 50.9 Å². The minimum absolute atomic E-state index is 0.0350. The molecule has 0 bridgehead atoms. The maximum Gasteiger partial charge on any atom is 0.317 e. The van der Waals surface area contributed by atoms with E-state index in [0.717, 1.165) is 31.2 Å². The molecule has 1 aliphatic carbocycles. The van der Waals surface area contributed by atoms with Gasteiger partial charge in [0.1, 0.15) is 0 Å². The van der Waals surface area contributed by atoms with E-state index in [1.807, 2.05) is 0 Å². The van der Waals surface area contributed by atoms with Gasteiger partial charge in [-0.05, 0) is 30.5 Å². The zero-order valence-electron chi connectivity index (χ0n) is 15.0. The van der Waals surface area contributed by atoms with Crippen LogP contribution in [0.1, 0.15) is 50.5 Å². The molecule has 2 heterocycles. The lowest BCUT2D eigenvalue weighted by molar-refractivity contribution is -0.135. The predicted molar refractivity (Wildman–Crippen MR) is 96.1 cm³/mol. The Labute approximate surface area is 153 Å². The Morgan fingerprint density at radius 1 is 1.15 bits per heavy atom. The summed E-state index contributed by atoms with van der Waals surface area (Å²) in [5.41, 5.74) is -1.03. The summed E-state index contributed by atoms with van der Waals surface area (Å²) >= 11 is 0. The van der Waals surface area contributed by atoms with Crippen molar-refractivity contribution in [2.24, 2.45) is 0 Å². The Kier molecular flexibility index (Phi) is 6.06. The van der Waals surface area contributed by atoms with Gasteiger partial charge in [-0.25, -0.2) is 9.18 Å². The molecular weight excluding hydrogens is 335 g/mol. The summed E-state index contributed by atoms with van der Waals surface area (Å²) in [5.74, 6) is -0.596. The molecule has 0 atom stereocenters.